The van der Waals surface area contributed by atoms with Crippen molar-refractivity contribution in [2.75, 3.05) is 27.4 Å². The lowest BCUT2D eigenvalue weighted by Crippen LogP contribution is -2.42. The standard InChI is InChI=1S/C24H23NO9/c1-31-18-6-3-13(7-20(18)32-2)8-21-23(28)16-5-4-15(10-19(16)34-21)33-12-22(27)25-11-14(26)9-17(25)24(29)30/h3-8,10,14,17,26H,9,11-12H2,1-2H3,(H,29,30)/t14?,17-/m0/s1. The normalized spacial score (nSPS) is 20.1. The Morgan fingerprint density at radius 2 is 1.91 bits per heavy atom. The van der Waals surface area contributed by atoms with Crippen LogP contribution in [0.25, 0.3) is 6.08 Å². The lowest BCUT2D eigenvalue weighted by Gasteiger charge is -2.21. The smallest absolute Gasteiger partial charge is 0.326 e. The number of carboxylic acids is 1. The van der Waals surface area contributed by atoms with Crippen LogP contribution in [0.1, 0.15) is 22.3 Å². The van der Waals surface area contributed by atoms with E-state index in [4.69, 9.17) is 18.9 Å². The second-order valence-electron chi connectivity index (χ2n) is 7.79. The van der Waals surface area contributed by atoms with E-state index < -0.39 is 30.6 Å². The largest absolute Gasteiger partial charge is 0.493 e. The number of amides is 1. The minimum absolute atomic E-state index is 0.0228. The van der Waals surface area contributed by atoms with Crippen molar-refractivity contribution in [3.8, 4) is 23.0 Å². The van der Waals surface area contributed by atoms with Gasteiger partial charge in [-0.2, -0.15) is 0 Å². The Kier molecular flexibility index (Phi) is 6.42. The molecule has 2 aromatic carbocycles. The van der Waals surface area contributed by atoms with Crippen molar-refractivity contribution >= 4 is 23.7 Å². The van der Waals surface area contributed by atoms with E-state index >= 15 is 0 Å². The van der Waals surface area contributed by atoms with E-state index in [0.29, 0.717) is 22.6 Å². The lowest BCUT2D eigenvalue weighted by molar-refractivity contribution is -0.148. The number of aliphatic hydroxyl groups is 1. The molecule has 0 bridgehead atoms. The number of nitrogens with zero attached hydrogens (tertiary/aromatic N) is 1. The third-order valence-electron chi connectivity index (χ3n) is 5.59. The number of rotatable bonds is 7. The third-order valence-corrected chi connectivity index (χ3v) is 5.59. The van der Waals surface area contributed by atoms with Crippen LogP contribution in [0.15, 0.2) is 42.2 Å². The number of fused-ring (bicyclic) bond motifs is 1. The Morgan fingerprint density at radius 3 is 2.62 bits per heavy atom. The highest BCUT2D eigenvalue weighted by molar-refractivity contribution is 6.14. The fourth-order valence-corrected chi connectivity index (χ4v) is 3.90. The monoisotopic (exact) mass is 469 g/mol. The second kappa shape index (κ2) is 9.44. The van der Waals surface area contributed by atoms with Gasteiger partial charge in [0.25, 0.3) is 5.91 Å². The van der Waals surface area contributed by atoms with Crippen LogP contribution in [0, 0.1) is 0 Å². The van der Waals surface area contributed by atoms with Crippen LogP contribution in [0.4, 0.5) is 0 Å². The van der Waals surface area contributed by atoms with Gasteiger partial charge in [-0.25, -0.2) is 4.79 Å². The lowest BCUT2D eigenvalue weighted by atomic mass is 10.1. The zero-order valence-electron chi connectivity index (χ0n) is 18.5. The maximum Gasteiger partial charge on any atom is 0.326 e. The molecule has 0 saturated carbocycles. The number of hydrogen-bond donors (Lipinski definition) is 2. The molecule has 2 N–H and O–H groups in total. The number of Topliss-reactive ketones (excluding diaryl/α,β-unsaturated/α-hetero) is 1. The highest BCUT2D eigenvalue weighted by Gasteiger charge is 2.39. The van der Waals surface area contributed by atoms with Crippen molar-refractivity contribution in [2.24, 2.45) is 0 Å². The SMILES string of the molecule is COc1ccc(C=C2Oc3cc(OCC(=O)N4CC(O)C[C@H]4C(=O)O)ccc3C2=O)cc1OC. The second-order valence-corrected chi connectivity index (χ2v) is 7.79. The average molecular weight is 469 g/mol. The minimum Gasteiger partial charge on any atom is -0.493 e. The summed E-state index contributed by atoms with van der Waals surface area (Å²) in [4.78, 5) is 37.6. The number of aliphatic hydroxyl groups excluding tert-OH is 1. The van der Waals surface area contributed by atoms with Crippen molar-refractivity contribution in [2.45, 2.75) is 18.6 Å². The number of ether oxygens (including phenoxy) is 4. The minimum atomic E-state index is -1.18. The molecule has 0 aromatic heterocycles. The zero-order chi connectivity index (χ0) is 24.4. The third kappa shape index (κ3) is 4.53. The number of carbonyl (C=O) groups is 3. The molecule has 178 valence electrons. The Morgan fingerprint density at radius 1 is 1.15 bits per heavy atom. The molecule has 2 aliphatic rings. The summed E-state index contributed by atoms with van der Waals surface area (Å²) in [5.41, 5.74) is 1.02. The highest BCUT2D eigenvalue weighted by Crippen LogP contribution is 2.36. The van der Waals surface area contributed by atoms with Crippen LogP contribution in [0.2, 0.25) is 0 Å². The van der Waals surface area contributed by atoms with Gasteiger partial charge in [-0.15, -0.1) is 0 Å². The van der Waals surface area contributed by atoms with Crippen LogP contribution >= 0.6 is 0 Å². The molecule has 4 rings (SSSR count). The Balaban J connectivity index is 1.45. The van der Waals surface area contributed by atoms with Crippen molar-refractivity contribution in [3.63, 3.8) is 0 Å². The number of aliphatic carboxylic acids is 1. The summed E-state index contributed by atoms with van der Waals surface area (Å²) in [7, 11) is 3.05. The number of ketones is 1. The molecule has 0 radical (unpaired) electrons. The number of allylic oxidation sites excluding steroid dienone is 1. The maximum absolute atomic E-state index is 12.7. The van der Waals surface area contributed by atoms with Gasteiger partial charge in [-0.3, -0.25) is 9.59 Å². The molecule has 1 saturated heterocycles. The van der Waals surface area contributed by atoms with E-state index in [-0.39, 0.29) is 36.0 Å². The van der Waals surface area contributed by atoms with Gasteiger partial charge < -0.3 is 34.1 Å². The molecule has 1 fully saturated rings. The van der Waals surface area contributed by atoms with Gasteiger partial charge >= 0.3 is 5.97 Å². The summed E-state index contributed by atoms with van der Waals surface area (Å²) in [5.74, 6) is -0.301. The summed E-state index contributed by atoms with van der Waals surface area (Å²) in [6.45, 7) is -0.483. The van der Waals surface area contributed by atoms with Crippen LogP contribution in [0.3, 0.4) is 0 Å². The summed E-state index contributed by atoms with van der Waals surface area (Å²) in [5, 5.41) is 18.9. The quantitative estimate of drug-likeness (QED) is 0.582. The Hall–Kier alpha value is -4.05. The Bertz CT molecular complexity index is 1170. The molecular formula is C24H23NO9. The molecule has 1 unspecified atom stereocenters. The zero-order valence-corrected chi connectivity index (χ0v) is 18.5. The van der Waals surface area contributed by atoms with Crippen molar-refractivity contribution in [1.82, 2.24) is 4.90 Å². The summed E-state index contributed by atoms with van der Waals surface area (Å²) in [6.07, 6.45) is 0.671. The predicted octanol–water partition coefficient (Wildman–Crippen LogP) is 1.75. The highest BCUT2D eigenvalue weighted by atomic mass is 16.5. The maximum atomic E-state index is 12.7. The molecule has 0 aliphatic carbocycles. The van der Waals surface area contributed by atoms with Gasteiger partial charge in [-0.1, -0.05) is 6.07 Å². The van der Waals surface area contributed by atoms with Crippen LogP contribution in [-0.2, 0) is 9.59 Å². The van der Waals surface area contributed by atoms with Gasteiger partial charge in [0.15, 0.2) is 23.9 Å². The first-order valence-corrected chi connectivity index (χ1v) is 10.4. The number of carboxylic acid groups (broad SMARTS) is 1. The summed E-state index contributed by atoms with van der Waals surface area (Å²) >= 11 is 0. The number of hydrogen-bond acceptors (Lipinski definition) is 8. The molecule has 2 heterocycles. The van der Waals surface area contributed by atoms with E-state index in [9.17, 15) is 24.6 Å². The van der Waals surface area contributed by atoms with Crippen molar-refractivity contribution < 1.29 is 43.5 Å². The number of benzene rings is 2. The van der Waals surface area contributed by atoms with Gasteiger partial charge in [0, 0.05) is 19.0 Å². The fourth-order valence-electron chi connectivity index (χ4n) is 3.90. The Labute approximate surface area is 194 Å². The average Bonchev–Trinajstić information content (AvgIpc) is 3.37. The molecule has 0 spiro atoms. The first-order valence-electron chi connectivity index (χ1n) is 10.4. The van der Waals surface area contributed by atoms with Gasteiger partial charge in [0.2, 0.25) is 5.78 Å². The molecular weight excluding hydrogens is 446 g/mol. The number of β-amino-alcohol motifs (C(OH)–C–C–N with tert-alkyl or cyclic N) is 1. The fraction of sp³-hybridized carbons (Fsp3) is 0.292. The summed E-state index contributed by atoms with van der Waals surface area (Å²) < 4.78 is 21.7. The topological polar surface area (TPSA) is 132 Å². The molecule has 2 aliphatic heterocycles. The first kappa shape index (κ1) is 23.1. The van der Waals surface area contributed by atoms with Crippen LogP contribution in [-0.4, -0.2) is 72.3 Å². The van der Waals surface area contributed by atoms with Crippen LogP contribution < -0.4 is 18.9 Å². The van der Waals surface area contributed by atoms with Crippen molar-refractivity contribution in [3.05, 3.63) is 53.3 Å². The van der Waals surface area contributed by atoms with E-state index in [1.165, 1.54) is 32.4 Å². The molecule has 1 amide bonds. The molecule has 10 nitrogen and oxygen atoms in total. The van der Waals surface area contributed by atoms with E-state index in [2.05, 4.69) is 0 Å². The van der Waals surface area contributed by atoms with E-state index in [1.54, 1.807) is 24.3 Å². The van der Waals surface area contributed by atoms with Gasteiger partial charge in [0.05, 0.1) is 25.9 Å². The number of likely N-dealkylation sites (tertiary alicyclic amines) is 1. The number of carbonyl (C=O) groups excluding carboxylic acids is 2. The molecule has 10 heteroatoms. The van der Waals surface area contributed by atoms with Gasteiger partial charge in [0.1, 0.15) is 17.5 Å². The van der Waals surface area contributed by atoms with E-state index in [0.717, 1.165) is 4.90 Å². The van der Waals surface area contributed by atoms with E-state index in [1.807, 2.05) is 0 Å². The number of methoxy groups -OCH3 is 2. The predicted molar refractivity (Wildman–Crippen MR) is 118 cm³/mol. The first-order chi connectivity index (χ1) is 16.3. The van der Waals surface area contributed by atoms with Gasteiger partial charge in [-0.05, 0) is 35.9 Å². The summed E-state index contributed by atoms with van der Waals surface area (Å²) in [6, 6.07) is 8.65. The van der Waals surface area contributed by atoms with Crippen LogP contribution in [0.5, 0.6) is 23.0 Å². The molecule has 2 aromatic rings. The van der Waals surface area contributed by atoms with Crippen molar-refractivity contribution in [1.29, 1.82) is 0 Å². The molecule has 2 atom stereocenters. The molecule has 34 heavy (non-hydrogen) atoms.